The van der Waals surface area contributed by atoms with Crippen LogP contribution in [-0.2, 0) is 19.4 Å². The molecular formula is C23H23N5S. The summed E-state index contributed by atoms with van der Waals surface area (Å²) in [6.07, 6.45) is 8.93. The van der Waals surface area contributed by atoms with Crippen LogP contribution in [0.2, 0.25) is 0 Å². The number of anilines is 1. The number of hydrogen-bond donors (Lipinski definition) is 0. The van der Waals surface area contributed by atoms with Gasteiger partial charge in [0.05, 0.1) is 17.6 Å². The van der Waals surface area contributed by atoms with Gasteiger partial charge in [-0.25, -0.2) is 9.97 Å². The number of fused-ring (bicyclic) bond motifs is 3. The Hall–Kier alpha value is -2.86. The van der Waals surface area contributed by atoms with Crippen LogP contribution in [0.5, 0.6) is 0 Å². The zero-order chi connectivity index (χ0) is 19.8. The molecule has 4 heterocycles. The Kier molecular flexibility index (Phi) is 4.72. The molecule has 0 bridgehead atoms. The molecule has 1 atom stereocenters. The molecule has 1 aliphatic rings. The van der Waals surface area contributed by atoms with E-state index < -0.39 is 0 Å². The lowest BCUT2D eigenvalue weighted by atomic mass is 9.89. The molecule has 146 valence electrons. The SMILES string of the molecule is C[C@H]1CCc2c(sc3nc(-c4cccnc4)nc(N(C)Cc4ccccn4)c23)C1. The molecule has 29 heavy (non-hydrogen) atoms. The van der Waals surface area contributed by atoms with Crippen LogP contribution in [-0.4, -0.2) is 27.0 Å². The predicted octanol–water partition coefficient (Wildman–Crippen LogP) is 4.91. The minimum Gasteiger partial charge on any atom is -0.353 e. The fraction of sp³-hybridized carbons (Fsp3) is 0.304. The van der Waals surface area contributed by atoms with Gasteiger partial charge in [0.25, 0.3) is 0 Å². The maximum atomic E-state index is 5.02. The van der Waals surface area contributed by atoms with E-state index in [2.05, 4.69) is 34.9 Å². The summed E-state index contributed by atoms with van der Waals surface area (Å²) >= 11 is 1.84. The number of aryl methyl sites for hydroxylation is 1. The van der Waals surface area contributed by atoms with Crippen LogP contribution in [0.15, 0.2) is 48.9 Å². The van der Waals surface area contributed by atoms with Crippen LogP contribution in [0.25, 0.3) is 21.6 Å². The Morgan fingerprint density at radius 1 is 1.14 bits per heavy atom. The van der Waals surface area contributed by atoms with Crippen molar-refractivity contribution >= 4 is 27.4 Å². The molecule has 4 aromatic heterocycles. The van der Waals surface area contributed by atoms with E-state index in [1.807, 2.05) is 48.0 Å². The number of hydrogen-bond acceptors (Lipinski definition) is 6. The molecule has 0 saturated heterocycles. The predicted molar refractivity (Wildman–Crippen MR) is 118 cm³/mol. The van der Waals surface area contributed by atoms with Gasteiger partial charge in [-0.3, -0.25) is 9.97 Å². The third-order valence-electron chi connectivity index (χ3n) is 5.54. The molecule has 0 amide bonds. The van der Waals surface area contributed by atoms with Crippen molar-refractivity contribution in [3.8, 4) is 11.4 Å². The Balaban J connectivity index is 1.66. The van der Waals surface area contributed by atoms with Crippen molar-refractivity contribution in [1.82, 2.24) is 19.9 Å². The summed E-state index contributed by atoms with van der Waals surface area (Å²) in [5.74, 6) is 2.46. The van der Waals surface area contributed by atoms with E-state index in [0.717, 1.165) is 46.5 Å². The van der Waals surface area contributed by atoms with E-state index in [1.165, 1.54) is 22.2 Å². The largest absolute Gasteiger partial charge is 0.353 e. The first-order valence-corrected chi connectivity index (χ1v) is 10.8. The monoisotopic (exact) mass is 401 g/mol. The number of nitrogens with zero attached hydrogens (tertiary/aromatic N) is 5. The number of aromatic nitrogens is 4. The third-order valence-corrected chi connectivity index (χ3v) is 6.69. The fourth-order valence-corrected chi connectivity index (χ4v) is 5.41. The van der Waals surface area contributed by atoms with Crippen LogP contribution < -0.4 is 4.90 Å². The molecular weight excluding hydrogens is 378 g/mol. The molecule has 0 saturated carbocycles. The molecule has 0 fully saturated rings. The Morgan fingerprint density at radius 2 is 2.07 bits per heavy atom. The zero-order valence-corrected chi connectivity index (χ0v) is 17.5. The van der Waals surface area contributed by atoms with E-state index in [0.29, 0.717) is 6.54 Å². The first-order chi connectivity index (χ1) is 14.2. The van der Waals surface area contributed by atoms with Crippen molar-refractivity contribution < 1.29 is 0 Å². The van der Waals surface area contributed by atoms with Crippen molar-refractivity contribution in [2.24, 2.45) is 5.92 Å². The molecule has 5 nitrogen and oxygen atoms in total. The van der Waals surface area contributed by atoms with Gasteiger partial charge in [0, 0.05) is 36.1 Å². The molecule has 1 aliphatic carbocycles. The van der Waals surface area contributed by atoms with Crippen LogP contribution in [0, 0.1) is 5.92 Å². The van der Waals surface area contributed by atoms with Gasteiger partial charge < -0.3 is 4.90 Å². The smallest absolute Gasteiger partial charge is 0.164 e. The first kappa shape index (κ1) is 18.2. The highest BCUT2D eigenvalue weighted by Gasteiger charge is 2.25. The average molecular weight is 402 g/mol. The van der Waals surface area contributed by atoms with E-state index in [9.17, 15) is 0 Å². The molecule has 5 rings (SSSR count). The van der Waals surface area contributed by atoms with E-state index in [4.69, 9.17) is 9.97 Å². The Morgan fingerprint density at radius 3 is 2.86 bits per heavy atom. The van der Waals surface area contributed by atoms with Gasteiger partial charge in [-0.05, 0) is 55.0 Å². The number of thiophene rings is 1. The topological polar surface area (TPSA) is 54.8 Å². The van der Waals surface area contributed by atoms with Gasteiger partial charge in [0.1, 0.15) is 10.6 Å². The Bertz CT molecular complexity index is 1140. The summed E-state index contributed by atoms with van der Waals surface area (Å²) in [6, 6.07) is 9.99. The van der Waals surface area contributed by atoms with Gasteiger partial charge in [-0.1, -0.05) is 13.0 Å². The van der Waals surface area contributed by atoms with Gasteiger partial charge in [-0.2, -0.15) is 0 Å². The molecule has 0 spiro atoms. The summed E-state index contributed by atoms with van der Waals surface area (Å²) in [6.45, 7) is 3.05. The number of rotatable bonds is 4. The summed E-state index contributed by atoms with van der Waals surface area (Å²) in [5.41, 5.74) is 3.42. The lowest BCUT2D eigenvalue weighted by molar-refractivity contribution is 0.509. The van der Waals surface area contributed by atoms with Crippen molar-refractivity contribution in [3.05, 3.63) is 65.1 Å². The molecule has 0 radical (unpaired) electrons. The minimum atomic E-state index is 0.709. The van der Waals surface area contributed by atoms with E-state index in [-0.39, 0.29) is 0 Å². The van der Waals surface area contributed by atoms with Crippen LogP contribution in [0.4, 0.5) is 5.82 Å². The summed E-state index contributed by atoms with van der Waals surface area (Å²) in [5, 5.41) is 1.22. The highest BCUT2D eigenvalue weighted by molar-refractivity contribution is 7.19. The lowest BCUT2D eigenvalue weighted by Crippen LogP contribution is -2.20. The van der Waals surface area contributed by atoms with Crippen molar-refractivity contribution in [1.29, 1.82) is 0 Å². The van der Waals surface area contributed by atoms with Crippen LogP contribution >= 0.6 is 11.3 Å². The van der Waals surface area contributed by atoms with Crippen molar-refractivity contribution in [2.75, 3.05) is 11.9 Å². The molecule has 0 unspecified atom stereocenters. The molecule has 4 aromatic rings. The highest BCUT2D eigenvalue weighted by atomic mass is 32.1. The highest BCUT2D eigenvalue weighted by Crippen LogP contribution is 2.41. The zero-order valence-electron chi connectivity index (χ0n) is 16.7. The van der Waals surface area contributed by atoms with Crippen LogP contribution in [0.1, 0.15) is 29.5 Å². The van der Waals surface area contributed by atoms with Gasteiger partial charge >= 0.3 is 0 Å². The molecule has 0 aromatic carbocycles. The third kappa shape index (κ3) is 3.49. The molecule has 6 heteroatoms. The van der Waals surface area contributed by atoms with Crippen molar-refractivity contribution in [2.45, 2.75) is 32.7 Å². The fourth-order valence-electron chi connectivity index (χ4n) is 4.03. The lowest BCUT2D eigenvalue weighted by Gasteiger charge is -2.22. The molecule has 0 N–H and O–H groups in total. The summed E-state index contributed by atoms with van der Waals surface area (Å²) in [4.78, 5) is 23.5. The summed E-state index contributed by atoms with van der Waals surface area (Å²) < 4.78 is 0. The number of pyridine rings is 2. The normalized spacial score (nSPS) is 16.0. The van der Waals surface area contributed by atoms with E-state index in [1.54, 1.807) is 6.20 Å². The second-order valence-electron chi connectivity index (χ2n) is 7.82. The minimum absolute atomic E-state index is 0.709. The Labute approximate surface area is 174 Å². The maximum absolute atomic E-state index is 5.02. The second-order valence-corrected chi connectivity index (χ2v) is 8.91. The maximum Gasteiger partial charge on any atom is 0.164 e. The average Bonchev–Trinajstić information content (AvgIpc) is 3.11. The van der Waals surface area contributed by atoms with Gasteiger partial charge in [0.15, 0.2) is 5.82 Å². The van der Waals surface area contributed by atoms with Crippen molar-refractivity contribution in [3.63, 3.8) is 0 Å². The first-order valence-electron chi connectivity index (χ1n) is 10.0. The summed E-state index contributed by atoms with van der Waals surface area (Å²) in [7, 11) is 2.10. The van der Waals surface area contributed by atoms with Gasteiger partial charge in [0.2, 0.25) is 0 Å². The van der Waals surface area contributed by atoms with Gasteiger partial charge in [-0.15, -0.1) is 11.3 Å². The molecule has 0 aliphatic heterocycles. The quantitative estimate of drug-likeness (QED) is 0.486. The van der Waals surface area contributed by atoms with Crippen LogP contribution in [0.3, 0.4) is 0 Å². The standard InChI is InChI=1S/C23H23N5S/c1-15-8-9-18-19(12-15)29-23-20(18)22(28(2)14-17-7-3-4-11-25-17)26-21(27-23)16-6-5-10-24-13-16/h3-7,10-11,13,15H,8-9,12,14H2,1-2H3/t15-/m0/s1. The second kappa shape index (κ2) is 7.52. The van der Waals surface area contributed by atoms with E-state index >= 15 is 0 Å².